The van der Waals surface area contributed by atoms with E-state index in [0.29, 0.717) is 0 Å². The van der Waals surface area contributed by atoms with Crippen LogP contribution in [0, 0.1) is 0 Å². The molecule has 0 aromatic carbocycles. The molecular weight excluding hydrogens is 136 g/mol. The SMILES string of the molecule is C=C[SiH3].OCC(O)CO. The Morgan fingerprint density at radius 2 is 1.67 bits per heavy atom. The summed E-state index contributed by atoms with van der Waals surface area (Å²) < 4.78 is 0. The van der Waals surface area contributed by atoms with Crippen LogP contribution < -0.4 is 0 Å². The van der Waals surface area contributed by atoms with E-state index in [-0.39, 0.29) is 13.2 Å². The highest BCUT2D eigenvalue weighted by Gasteiger charge is 1.93. The van der Waals surface area contributed by atoms with E-state index in [1.54, 1.807) is 0 Å². The lowest BCUT2D eigenvalue weighted by Crippen LogP contribution is -2.15. The largest absolute Gasteiger partial charge is 0.394 e. The predicted molar refractivity (Wildman–Crippen MR) is 40.3 cm³/mol. The summed E-state index contributed by atoms with van der Waals surface area (Å²) in [5.74, 6) is 0. The van der Waals surface area contributed by atoms with E-state index in [1.165, 1.54) is 0 Å². The molecule has 0 rings (SSSR count). The highest BCUT2D eigenvalue weighted by Crippen LogP contribution is 1.71. The lowest BCUT2D eigenvalue weighted by atomic mass is 10.4. The molecule has 0 saturated heterocycles. The van der Waals surface area contributed by atoms with Crippen LogP contribution in [0.25, 0.3) is 0 Å². The summed E-state index contributed by atoms with van der Waals surface area (Å²) in [6, 6.07) is 0. The molecule has 0 spiro atoms. The Hall–Kier alpha value is -0.163. The van der Waals surface area contributed by atoms with Gasteiger partial charge < -0.3 is 15.3 Å². The molecule has 0 aromatic rings. The smallest absolute Gasteiger partial charge is 0.100 e. The van der Waals surface area contributed by atoms with Crippen LogP contribution in [0.15, 0.2) is 12.3 Å². The van der Waals surface area contributed by atoms with Crippen LogP contribution in [0.2, 0.25) is 0 Å². The third-order valence-electron chi connectivity index (χ3n) is 0.421. The molecule has 0 aliphatic carbocycles. The van der Waals surface area contributed by atoms with Crippen LogP contribution in [-0.4, -0.2) is 44.9 Å². The van der Waals surface area contributed by atoms with Crippen molar-refractivity contribution in [2.75, 3.05) is 13.2 Å². The molecule has 0 amide bonds. The standard InChI is InChI=1S/C3H8O3.C2H6Si/c4-1-3(6)2-5;1-2-3/h3-6H,1-2H2;2H,1H2,3H3. The fourth-order valence-corrected chi connectivity index (χ4v) is 0.0577. The highest BCUT2D eigenvalue weighted by atomic mass is 28.1. The summed E-state index contributed by atoms with van der Waals surface area (Å²) in [6.45, 7) is 2.69. The van der Waals surface area contributed by atoms with Gasteiger partial charge in [0.2, 0.25) is 0 Å². The van der Waals surface area contributed by atoms with Gasteiger partial charge in [0.15, 0.2) is 0 Å². The molecule has 0 fully saturated rings. The molecule has 0 bridgehead atoms. The zero-order valence-electron chi connectivity index (χ0n) is 5.62. The number of hydrogen-bond donors (Lipinski definition) is 3. The van der Waals surface area contributed by atoms with Gasteiger partial charge in [-0.1, -0.05) is 0 Å². The molecule has 3 N–H and O–H groups in total. The monoisotopic (exact) mass is 150 g/mol. The second-order valence-corrected chi connectivity index (χ2v) is 2.24. The van der Waals surface area contributed by atoms with E-state index in [4.69, 9.17) is 15.3 Å². The van der Waals surface area contributed by atoms with Gasteiger partial charge >= 0.3 is 0 Å². The van der Waals surface area contributed by atoms with E-state index in [1.807, 2.05) is 5.70 Å². The Balaban J connectivity index is 0. The minimum Gasteiger partial charge on any atom is -0.394 e. The minimum atomic E-state index is -0.954. The molecular formula is C5H14O3Si. The van der Waals surface area contributed by atoms with E-state index >= 15 is 0 Å². The van der Waals surface area contributed by atoms with Gasteiger partial charge in [-0.2, -0.15) is 0 Å². The first-order chi connectivity index (χ1) is 4.22. The molecule has 0 radical (unpaired) electrons. The average molecular weight is 150 g/mol. The molecule has 0 aliphatic rings. The average Bonchev–Trinajstić information content (AvgIpc) is 1.88. The lowest BCUT2D eigenvalue weighted by molar-refractivity contribution is 0.0450. The van der Waals surface area contributed by atoms with Crippen LogP contribution in [0.3, 0.4) is 0 Å². The Bertz CT molecular complexity index is 54.2. The van der Waals surface area contributed by atoms with Gasteiger partial charge in [0.25, 0.3) is 0 Å². The van der Waals surface area contributed by atoms with Crippen molar-refractivity contribution in [2.45, 2.75) is 6.10 Å². The first-order valence-corrected chi connectivity index (χ1v) is 3.85. The first-order valence-electron chi connectivity index (χ1n) is 2.69. The van der Waals surface area contributed by atoms with Crippen LogP contribution in [0.1, 0.15) is 0 Å². The number of aliphatic hydroxyl groups excluding tert-OH is 3. The highest BCUT2D eigenvalue weighted by molar-refractivity contribution is 6.16. The molecule has 0 heterocycles. The van der Waals surface area contributed by atoms with Gasteiger partial charge in [-0.05, 0) is 0 Å². The second kappa shape index (κ2) is 10.8. The van der Waals surface area contributed by atoms with Crippen molar-refractivity contribution in [1.29, 1.82) is 0 Å². The van der Waals surface area contributed by atoms with E-state index in [2.05, 4.69) is 6.58 Å². The normalized spacial score (nSPS) is 8.44. The van der Waals surface area contributed by atoms with Crippen molar-refractivity contribution in [2.24, 2.45) is 0 Å². The molecule has 0 aromatic heterocycles. The van der Waals surface area contributed by atoms with Crippen molar-refractivity contribution < 1.29 is 15.3 Å². The number of hydrogen-bond acceptors (Lipinski definition) is 3. The van der Waals surface area contributed by atoms with Gasteiger partial charge in [-0.3, -0.25) is 0 Å². The maximum Gasteiger partial charge on any atom is 0.100 e. The van der Waals surface area contributed by atoms with Crippen LogP contribution >= 0.6 is 0 Å². The van der Waals surface area contributed by atoms with Crippen molar-refractivity contribution in [3.8, 4) is 0 Å². The minimum absolute atomic E-state index is 0.365. The topological polar surface area (TPSA) is 60.7 Å². The fourth-order valence-electron chi connectivity index (χ4n) is 0.0577. The third kappa shape index (κ3) is 18.1. The predicted octanol–water partition coefficient (Wildman–Crippen LogP) is -2.17. The molecule has 3 nitrogen and oxygen atoms in total. The maximum absolute atomic E-state index is 8.17. The van der Waals surface area contributed by atoms with E-state index in [9.17, 15) is 0 Å². The van der Waals surface area contributed by atoms with E-state index < -0.39 is 6.10 Å². The van der Waals surface area contributed by atoms with Crippen molar-refractivity contribution in [3.63, 3.8) is 0 Å². The van der Waals surface area contributed by atoms with Gasteiger partial charge in [0.1, 0.15) is 6.10 Å². The maximum atomic E-state index is 8.17. The Labute approximate surface area is 58.1 Å². The zero-order valence-corrected chi connectivity index (χ0v) is 7.62. The molecule has 4 heteroatoms. The van der Waals surface area contributed by atoms with Gasteiger partial charge in [0.05, 0.1) is 13.2 Å². The lowest BCUT2D eigenvalue weighted by Gasteiger charge is -1.96. The molecule has 9 heavy (non-hydrogen) atoms. The molecule has 0 atom stereocenters. The molecule has 0 unspecified atom stereocenters. The fraction of sp³-hybridized carbons (Fsp3) is 0.600. The summed E-state index contributed by atoms with van der Waals surface area (Å²) in [5, 5.41) is 24.0. The van der Waals surface area contributed by atoms with Gasteiger partial charge in [-0.15, -0.1) is 12.3 Å². The Morgan fingerprint density at radius 1 is 1.44 bits per heavy atom. The summed E-state index contributed by atoms with van der Waals surface area (Å²) >= 11 is 0. The summed E-state index contributed by atoms with van der Waals surface area (Å²) in [7, 11) is 1.13. The van der Waals surface area contributed by atoms with Crippen molar-refractivity contribution in [1.82, 2.24) is 0 Å². The molecule has 56 valence electrons. The van der Waals surface area contributed by atoms with E-state index in [0.717, 1.165) is 10.2 Å². The first kappa shape index (κ1) is 11.6. The molecule has 0 aliphatic heterocycles. The van der Waals surface area contributed by atoms with Crippen molar-refractivity contribution >= 4 is 10.2 Å². The number of aliphatic hydroxyl groups is 3. The van der Waals surface area contributed by atoms with Gasteiger partial charge in [0, 0.05) is 10.2 Å². The van der Waals surface area contributed by atoms with Crippen LogP contribution in [0.4, 0.5) is 0 Å². The number of rotatable bonds is 2. The Morgan fingerprint density at radius 3 is 1.67 bits per heavy atom. The van der Waals surface area contributed by atoms with Gasteiger partial charge in [-0.25, -0.2) is 0 Å². The zero-order chi connectivity index (χ0) is 7.70. The summed E-state index contributed by atoms with van der Waals surface area (Å²) in [5.41, 5.74) is 1.89. The molecule has 0 saturated carbocycles. The summed E-state index contributed by atoms with van der Waals surface area (Å²) in [4.78, 5) is 0. The Kier molecular flexibility index (Phi) is 13.9. The summed E-state index contributed by atoms with van der Waals surface area (Å²) in [6.07, 6.45) is -0.954. The van der Waals surface area contributed by atoms with Crippen LogP contribution in [-0.2, 0) is 0 Å². The third-order valence-corrected chi connectivity index (χ3v) is 0.421. The second-order valence-electron chi connectivity index (χ2n) is 1.43. The quantitative estimate of drug-likeness (QED) is 0.393. The van der Waals surface area contributed by atoms with Crippen molar-refractivity contribution in [3.05, 3.63) is 12.3 Å². The van der Waals surface area contributed by atoms with Crippen LogP contribution in [0.5, 0.6) is 0 Å².